The van der Waals surface area contributed by atoms with Crippen LogP contribution < -0.4 is 4.74 Å². The molecule has 1 aliphatic heterocycles. The lowest BCUT2D eigenvalue weighted by Gasteiger charge is -2.21. The van der Waals surface area contributed by atoms with Crippen molar-refractivity contribution in [1.29, 1.82) is 0 Å². The quantitative estimate of drug-likeness (QED) is 0.716. The zero-order valence-electron chi connectivity index (χ0n) is 8.54. The van der Waals surface area contributed by atoms with Gasteiger partial charge in [0.15, 0.2) is 5.60 Å². The minimum atomic E-state index is -0.627. The molecular weight excluding hydrogens is 176 g/mol. The van der Waals surface area contributed by atoms with Crippen LogP contribution in [0.2, 0.25) is 0 Å². The van der Waals surface area contributed by atoms with Crippen molar-refractivity contribution in [2.45, 2.75) is 32.3 Å². The molecule has 1 atom stereocenters. The van der Waals surface area contributed by atoms with Crippen molar-refractivity contribution >= 4 is 5.78 Å². The van der Waals surface area contributed by atoms with Gasteiger partial charge in [0.25, 0.3) is 0 Å². The van der Waals surface area contributed by atoms with Crippen LogP contribution in [-0.2, 0) is 0 Å². The topological polar surface area (TPSA) is 26.3 Å². The van der Waals surface area contributed by atoms with Crippen molar-refractivity contribution in [2.75, 3.05) is 0 Å². The Hall–Kier alpha value is -1.31. The van der Waals surface area contributed by atoms with Crippen molar-refractivity contribution in [1.82, 2.24) is 0 Å². The van der Waals surface area contributed by atoms with Gasteiger partial charge in [-0.3, -0.25) is 4.79 Å². The summed E-state index contributed by atoms with van der Waals surface area (Å²) in [6.45, 7) is 3.93. The third kappa shape index (κ3) is 1.22. The summed E-state index contributed by atoms with van der Waals surface area (Å²) in [4.78, 5) is 12.0. The highest BCUT2D eigenvalue weighted by Gasteiger charge is 2.42. The van der Waals surface area contributed by atoms with Crippen LogP contribution in [0.1, 0.15) is 37.0 Å². The molecule has 0 aliphatic carbocycles. The fourth-order valence-corrected chi connectivity index (χ4v) is 1.96. The Morgan fingerprint density at radius 1 is 1.36 bits per heavy atom. The van der Waals surface area contributed by atoms with E-state index < -0.39 is 5.60 Å². The molecule has 74 valence electrons. The normalized spacial score (nSPS) is 24.6. The van der Waals surface area contributed by atoms with Gasteiger partial charge in [-0.1, -0.05) is 25.5 Å². The Morgan fingerprint density at radius 3 is 2.71 bits per heavy atom. The molecule has 0 fully saturated rings. The van der Waals surface area contributed by atoms with Gasteiger partial charge in [0, 0.05) is 0 Å². The van der Waals surface area contributed by atoms with E-state index in [0.717, 1.165) is 24.2 Å². The molecule has 1 unspecified atom stereocenters. The number of para-hydroxylation sites is 1. The first kappa shape index (κ1) is 9.25. The number of ether oxygens (including phenoxy) is 1. The molecule has 0 N–H and O–H groups in total. The van der Waals surface area contributed by atoms with E-state index in [2.05, 4.69) is 6.92 Å². The van der Waals surface area contributed by atoms with Gasteiger partial charge in [-0.15, -0.1) is 0 Å². The Bertz CT molecular complexity index is 370. The van der Waals surface area contributed by atoms with Crippen LogP contribution in [0.15, 0.2) is 24.3 Å². The first-order chi connectivity index (χ1) is 6.67. The standard InChI is InChI=1S/C12H14O2/c1-3-8-12(2)11(13)9-6-4-5-7-10(9)14-12/h4-7H,3,8H2,1-2H3. The fourth-order valence-electron chi connectivity index (χ4n) is 1.96. The highest BCUT2D eigenvalue weighted by atomic mass is 16.5. The van der Waals surface area contributed by atoms with Gasteiger partial charge in [0.1, 0.15) is 5.75 Å². The zero-order valence-corrected chi connectivity index (χ0v) is 8.54. The SMILES string of the molecule is CCCC1(C)Oc2ccccc2C1=O. The van der Waals surface area contributed by atoms with E-state index in [1.54, 1.807) is 0 Å². The van der Waals surface area contributed by atoms with Crippen LogP contribution in [0.4, 0.5) is 0 Å². The number of carbonyl (C=O) groups excluding carboxylic acids is 1. The van der Waals surface area contributed by atoms with Crippen molar-refractivity contribution in [3.05, 3.63) is 29.8 Å². The largest absolute Gasteiger partial charge is 0.479 e. The number of hydrogen-bond donors (Lipinski definition) is 0. The van der Waals surface area contributed by atoms with E-state index in [0.29, 0.717) is 0 Å². The Balaban J connectivity index is 2.38. The predicted molar refractivity (Wildman–Crippen MR) is 54.7 cm³/mol. The number of Topliss-reactive ketones (excluding diaryl/α,β-unsaturated/α-hetero) is 1. The lowest BCUT2D eigenvalue weighted by molar-refractivity contribution is 0.0594. The molecule has 0 amide bonds. The van der Waals surface area contributed by atoms with E-state index in [1.807, 2.05) is 31.2 Å². The number of carbonyl (C=O) groups is 1. The minimum Gasteiger partial charge on any atom is -0.479 e. The number of fused-ring (bicyclic) bond motifs is 1. The minimum absolute atomic E-state index is 0.120. The molecular formula is C12H14O2. The maximum atomic E-state index is 12.0. The smallest absolute Gasteiger partial charge is 0.209 e. The summed E-state index contributed by atoms with van der Waals surface area (Å²) >= 11 is 0. The van der Waals surface area contributed by atoms with Crippen LogP contribution in [0.25, 0.3) is 0 Å². The fraction of sp³-hybridized carbons (Fsp3) is 0.417. The van der Waals surface area contributed by atoms with Crippen molar-refractivity contribution in [3.63, 3.8) is 0 Å². The Morgan fingerprint density at radius 2 is 2.07 bits per heavy atom. The predicted octanol–water partition coefficient (Wildman–Crippen LogP) is 2.82. The molecule has 0 aromatic heterocycles. The molecule has 1 aromatic rings. The molecule has 0 bridgehead atoms. The summed E-state index contributed by atoms with van der Waals surface area (Å²) in [5, 5.41) is 0. The molecule has 0 spiro atoms. The maximum Gasteiger partial charge on any atom is 0.209 e. The second kappa shape index (κ2) is 3.12. The van der Waals surface area contributed by atoms with E-state index in [-0.39, 0.29) is 5.78 Å². The van der Waals surface area contributed by atoms with E-state index in [1.165, 1.54) is 0 Å². The molecule has 0 saturated heterocycles. The second-order valence-electron chi connectivity index (χ2n) is 3.91. The van der Waals surface area contributed by atoms with Crippen LogP contribution in [0.3, 0.4) is 0 Å². The van der Waals surface area contributed by atoms with Crippen molar-refractivity contribution < 1.29 is 9.53 Å². The number of benzene rings is 1. The van der Waals surface area contributed by atoms with E-state index in [9.17, 15) is 4.79 Å². The van der Waals surface area contributed by atoms with Gasteiger partial charge in [-0.05, 0) is 25.5 Å². The first-order valence-electron chi connectivity index (χ1n) is 5.00. The Kier molecular flexibility index (Phi) is 2.06. The first-order valence-corrected chi connectivity index (χ1v) is 5.00. The van der Waals surface area contributed by atoms with Crippen LogP contribution >= 0.6 is 0 Å². The van der Waals surface area contributed by atoms with Gasteiger partial charge < -0.3 is 4.74 Å². The van der Waals surface area contributed by atoms with Crippen molar-refractivity contribution in [3.8, 4) is 5.75 Å². The number of ketones is 1. The van der Waals surface area contributed by atoms with E-state index in [4.69, 9.17) is 4.74 Å². The lowest BCUT2D eigenvalue weighted by Crippen LogP contribution is -2.36. The lowest BCUT2D eigenvalue weighted by atomic mass is 9.93. The summed E-state index contributed by atoms with van der Waals surface area (Å²) in [5.41, 5.74) is 0.0989. The molecule has 0 saturated carbocycles. The van der Waals surface area contributed by atoms with Gasteiger partial charge in [0.2, 0.25) is 5.78 Å². The Labute approximate surface area is 83.9 Å². The monoisotopic (exact) mass is 190 g/mol. The maximum absolute atomic E-state index is 12.0. The highest BCUT2D eigenvalue weighted by Crippen LogP contribution is 2.36. The van der Waals surface area contributed by atoms with E-state index >= 15 is 0 Å². The highest BCUT2D eigenvalue weighted by molar-refractivity contribution is 6.07. The summed E-state index contributed by atoms with van der Waals surface area (Å²) < 4.78 is 5.70. The third-order valence-electron chi connectivity index (χ3n) is 2.67. The molecule has 14 heavy (non-hydrogen) atoms. The summed E-state index contributed by atoms with van der Waals surface area (Å²) in [7, 11) is 0. The average molecular weight is 190 g/mol. The summed E-state index contributed by atoms with van der Waals surface area (Å²) in [6.07, 6.45) is 1.73. The van der Waals surface area contributed by atoms with Crippen LogP contribution in [0, 0.1) is 0 Å². The summed E-state index contributed by atoms with van der Waals surface area (Å²) in [5.74, 6) is 0.850. The zero-order chi connectivity index (χ0) is 10.2. The molecule has 0 radical (unpaired) electrons. The molecule has 1 aromatic carbocycles. The molecule has 2 heteroatoms. The van der Waals surface area contributed by atoms with Gasteiger partial charge in [-0.25, -0.2) is 0 Å². The van der Waals surface area contributed by atoms with Gasteiger partial charge >= 0.3 is 0 Å². The summed E-state index contributed by atoms with van der Waals surface area (Å²) in [6, 6.07) is 7.45. The second-order valence-corrected chi connectivity index (χ2v) is 3.91. The van der Waals surface area contributed by atoms with Crippen LogP contribution in [-0.4, -0.2) is 11.4 Å². The molecule has 2 rings (SSSR count). The van der Waals surface area contributed by atoms with Gasteiger partial charge in [0.05, 0.1) is 5.56 Å². The average Bonchev–Trinajstić information content (AvgIpc) is 2.41. The van der Waals surface area contributed by atoms with Crippen molar-refractivity contribution in [2.24, 2.45) is 0 Å². The molecule has 2 nitrogen and oxygen atoms in total. The number of rotatable bonds is 2. The number of hydrogen-bond acceptors (Lipinski definition) is 2. The van der Waals surface area contributed by atoms with Crippen LogP contribution in [0.5, 0.6) is 5.75 Å². The van der Waals surface area contributed by atoms with Gasteiger partial charge in [-0.2, -0.15) is 0 Å². The molecule has 1 heterocycles. The molecule has 1 aliphatic rings. The third-order valence-corrected chi connectivity index (χ3v) is 2.67.